The highest BCUT2D eigenvalue weighted by molar-refractivity contribution is 5.81. The van der Waals surface area contributed by atoms with Crippen molar-refractivity contribution in [3.63, 3.8) is 0 Å². The van der Waals surface area contributed by atoms with Crippen molar-refractivity contribution in [2.75, 3.05) is 19.7 Å². The van der Waals surface area contributed by atoms with Crippen LogP contribution in [0.1, 0.15) is 47.0 Å². The first-order chi connectivity index (χ1) is 9.49. The molecule has 0 aromatic heterocycles. The summed E-state index contributed by atoms with van der Waals surface area (Å²) in [4.78, 5) is 14.8. The van der Waals surface area contributed by atoms with Gasteiger partial charge in [-0.15, -0.1) is 0 Å². The van der Waals surface area contributed by atoms with E-state index < -0.39 is 0 Å². The van der Waals surface area contributed by atoms with E-state index in [1.165, 1.54) is 0 Å². The SMILES string of the molecule is CC(C)CC1CN(C(=O)C2CCCO2)C(C(C)C)CN1. The molecule has 2 fully saturated rings. The number of nitrogens with zero attached hydrogens (tertiary/aromatic N) is 1. The van der Waals surface area contributed by atoms with Gasteiger partial charge in [-0.05, 0) is 31.1 Å². The second-order valence-electron chi connectivity index (χ2n) is 7.04. The van der Waals surface area contributed by atoms with Gasteiger partial charge in [0.15, 0.2) is 0 Å². The molecule has 2 rings (SSSR count). The summed E-state index contributed by atoms with van der Waals surface area (Å²) in [5, 5.41) is 3.62. The molecule has 2 saturated heterocycles. The van der Waals surface area contributed by atoms with Crippen LogP contribution in [-0.4, -0.2) is 48.7 Å². The lowest BCUT2D eigenvalue weighted by atomic mass is 9.94. The smallest absolute Gasteiger partial charge is 0.252 e. The van der Waals surface area contributed by atoms with Gasteiger partial charge in [-0.2, -0.15) is 0 Å². The van der Waals surface area contributed by atoms with E-state index in [-0.39, 0.29) is 12.0 Å². The molecule has 1 N–H and O–H groups in total. The Balaban J connectivity index is 2.03. The summed E-state index contributed by atoms with van der Waals surface area (Å²) in [7, 11) is 0. The molecule has 0 saturated carbocycles. The highest BCUT2D eigenvalue weighted by Gasteiger charge is 2.37. The largest absolute Gasteiger partial charge is 0.368 e. The number of hydrogen-bond donors (Lipinski definition) is 1. The molecule has 116 valence electrons. The van der Waals surface area contributed by atoms with Gasteiger partial charge in [-0.25, -0.2) is 0 Å². The summed E-state index contributed by atoms with van der Waals surface area (Å²) in [5.41, 5.74) is 0. The first kappa shape index (κ1) is 15.8. The van der Waals surface area contributed by atoms with Crippen molar-refractivity contribution in [3.05, 3.63) is 0 Å². The molecule has 1 amide bonds. The minimum absolute atomic E-state index is 0.186. The third-order valence-electron chi connectivity index (χ3n) is 4.45. The zero-order valence-corrected chi connectivity index (χ0v) is 13.4. The van der Waals surface area contributed by atoms with Crippen molar-refractivity contribution < 1.29 is 9.53 Å². The van der Waals surface area contributed by atoms with E-state index in [2.05, 4.69) is 37.9 Å². The standard InChI is InChI=1S/C16H30N2O2/c1-11(2)8-13-10-18(14(9-17-13)12(3)4)16(19)15-6-5-7-20-15/h11-15,17H,5-10H2,1-4H3. The number of carbonyl (C=O) groups is 1. The molecular formula is C16H30N2O2. The predicted molar refractivity (Wildman–Crippen MR) is 80.6 cm³/mol. The van der Waals surface area contributed by atoms with Crippen LogP contribution >= 0.6 is 0 Å². The maximum atomic E-state index is 12.7. The van der Waals surface area contributed by atoms with E-state index in [1.54, 1.807) is 0 Å². The lowest BCUT2D eigenvalue weighted by Gasteiger charge is -2.43. The minimum Gasteiger partial charge on any atom is -0.368 e. The van der Waals surface area contributed by atoms with Crippen molar-refractivity contribution in [2.45, 2.75) is 65.1 Å². The highest BCUT2D eigenvalue weighted by Crippen LogP contribution is 2.22. The van der Waals surface area contributed by atoms with Gasteiger partial charge in [-0.3, -0.25) is 4.79 Å². The third-order valence-corrected chi connectivity index (χ3v) is 4.45. The normalized spacial score (nSPS) is 31.3. The zero-order chi connectivity index (χ0) is 14.7. The molecule has 3 atom stereocenters. The van der Waals surface area contributed by atoms with E-state index in [0.29, 0.717) is 23.9 Å². The van der Waals surface area contributed by atoms with Crippen molar-refractivity contribution in [1.82, 2.24) is 10.2 Å². The second kappa shape index (κ2) is 6.90. The molecule has 0 aliphatic carbocycles. The van der Waals surface area contributed by atoms with E-state index in [9.17, 15) is 4.79 Å². The van der Waals surface area contributed by atoms with Crippen LogP contribution in [0.5, 0.6) is 0 Å². The molecule has 0 bridgehead atoms. The average Bonchev–Trinajstić information content (AvgIpc) is 2.90. The van der Waals surface area contributed by atoms with Gasteiger partial charge in [0.25, 0.3) is 5.91 Å². The fraction of sp³-hybridized carbons (Fsp3) is 0.938. The van der Waals surface area contributed by atoms with Crippen LogP contribution in [-0.2, 0) is 9.53 Å². The Hall–Kier alpha value is -0.610. The molecule has 2 heterocycles. The second-order valence-corrected chi connectivity index (χ2v) is 7.04. The maximum Gasteiger partial charge on any atom is 0.252 e. The van der Waals surface area contributed by atoms with Crippen LogP contribution < -0.4 is 5.32 Å². The molecule has 0 radical (unpaired) electrons. The third kappa shape index (κ3) is 3.73. The van der Waals surface area contributed by atoms with Gasteiger partial charge in [0, 0.05) is 31.8 Å². The molecule has 4 heteroatoms. The summed E-state index contributed by atoms with van der Waals surface area (Å²) in [6.07, 6.45) is 2.85. The van der Waals surface area contributed by atoms with Gasteiger partial charge in [0.1, 0.15) is 6.10 Å². The molecule has 0 spiro atoms. The Bertz CT molecular complexity index is 324. The highest BCUT2D eigenvalue weighted by atomic mass is 16.5. The fourth-order valence-electron chi connectivity index (χ4n) is 3.37. The number of hydrogen-bond acceptors (Lipinski definition) is 3. The zero-order valence-electron chi connectivity index (χ0n) is 13.4. The van der Waals surface area contributed by atoms with Crippen LogP contribution in [0.15, 0.2) is 0 Å². The minimum atomic E-state index is -0.186. The molecular weight excluding hydrogens is 252 g/mol. The first-order valence-corrected chi connectivity index (χ1v) is 8.14. The molecule has 2 aliphatic rings. The van der Waals surface area contributed by atoms with Crippen LogP contribution in [0.25, 0.3) is 0 Å². The number of piperazine rings is 1. The van der Waals surface area contributed by atoms with Gasteiger partial charge in [0.2, 0.25) is 0 Å². The summed E-state index contributed by atoms with van der Waals surface area (Å²) in [6, 6.07) is 0.727. The van der Waals surface area contributed by atoms with Gasteiger partial charge < -0.3 is 15.0 Å². The molecule has 0 aromatic rings. The Kier molecular flexibility index (Phi) is 5.44. The first-order valence-electron chi connectivity index (χ1n) is 8.14. The monoisotopic (exact) mass is 282 g/mol. The molecule has 3 unspecified atom stereocenters. The Labute approximate surface area is 123 Å². The number of rotatable bonds is 4. The predicted octanol–water partition coefficient (Wildman–Crippen LogP) is 2.04. The molecule has 0 aromatic carbocycles. The van der Waals surface area contributed by atoms with Gasteiger partial charge in [-0.1, -0.05) is 27.7 Å². The summed E-state index contributed by atoms with van der Waals surface area (Å²) < 4.78 is 5.60. The van der Waals surface area contributed by atoms with Crippen LogP contribution in [0.4, 0.5) is 0 Å². The number of carbonyl (C=O) groups excluding carboxylic acids is 1. The van der Waals surface area contributed by atoms with Crippen LogP contribution in [0.3, 0.4) is 0 Å². The molecule has 20 heavy (non-hydrogen) atoms. The Morgan fingerprint density at radius 3 is 2.65 bits per heavy atom. The lowest BCUT2D eigenvalue weighted by Crippen LogP contribution is -2.61. The van der Waals surface area contributed by atoms with Gasteiger partial charge >= 0.3 is 0 Å². The quantitative estimate of drug-likeness (QED) is 0.858. The topological polar surface area (TPSA) is 41.6 Å². The fourth-order valence-corrected chi connectivity index (χ4v) is 3.37. The number of ether oxygens (including phenoxy) is 1. The summed E-state index contributed by atoms with van der Waals surface area (Å²) in [5.74, 6) is 1.35. The van der Waals surface area contributed by atoms with Crippen LogP contribution in [0, 0.1) is 11.8 Å². The Morgan fingerprint density at radius 2 is 2.10 bits per heavy atom. The van der Waals surface area contributed by atoms with Gasteiger partial charge in [0.05, 0.1) is 0 Å². The summed E-state index contributed by atoms with van der Waals surface area (Å²) in [6.45, 7) is 11.4. The van der Waals surface area contributed by atoms with E-state index in [4.69, 9.17) is 4.74 Å². The van der Waals surface area contributed by atoms with Crippen LogP contribution in [0.2, 0.25) is 0 Å². The van der Waals surface area contributed by atoms with Crippen molar-refractivity contribution in [2.24, 2.45) is 11.8 Å². The van der Waals surface area contributed by atoms with Crippen molar-refractivity contribution in [1.29, 1.82) is 0 Å². The van der Waals surface area contributed by atoms with E-state index in [0.717, 1.165) is 39.0 Å². The van der Waals surface area contributed by atoms with E-state index in [1.807, 2.05) is 0 Å². The lowest BCUT2D eigenvalue weighted by molar-refractivity contribution is -0.146. The average molecular weight is 282 g/mol. The van der Waals surface area contributed by atoms with E-state index >= 15 is 0 Å². The summed E-state index contributed by atoms with van der Waals surface area (Å²) >= 11 is 0. The maximum absolute atomic E-state index is 12.7. The number of nitrogens with one attached hydrogen (secondary N) is 1. The van der Waals surface area contributed by atoms with Crippen molar-refractivity contribution >= 4 is 5.91 Å². The Morgan fingerprint density at radius 1 is 1.35 bits per heavy atom. The molecule has 2 aliphatic heterocycles. The van der Waals surface area contributed by atoms with Crippen molar-refractivity contribution in [3.8, 4) is 0 Å². The number of amides is 1. The molecule has 4 nitrogen and oxygen atoms in total.